The lowest BCUT2D eigenvalue weighted by Gasteiger charge is -2.37. The summed E-state index contributed by atoms with van der Waals surface area (Å²) < 4.78 is 14.8. The molecule has 27 heavy (non-hydrogen) atoms. The second-order valence-electron chi connectivity index (χ2n) is 7.50. The molecule has 4 heteroatoms. The topological polar surface area (TPSA) is 61.1 Å². The molecule has 2 aromatic carbocycles. The summed E-state index contributed by atoms with van der Waals surface area (Å²) in [6, 6.07) is 13.6. The van der Waals surface area contributed by atoms with Gasteiger partial charge in [-0.2, -0.15) is 5.26 Å². The zero-order chi connectivity index (χ0) is 19.4. The summed E-state index contributed by atoms with van der Waals surface area (Å²) in [5, 5.41) is 18.8. The van der Waals surface area contributed by atoms with Crippen LogP contribution in [0.1, 0.15) is 56.6 Å². The van der Waals surface area contributed by atoms with E-state index in [1.165, 1.54) is 6.07 Å². The summed E-state index contributed by atoms with van der Waals surface area (Å²) in [6.07, 6.45) is 5.10. The second kappa shape index (κ2) is 7.92. The Kier molecular flexibility index (Phi) is 5.60. The summed E-state index contributed by atoms with van der Waals surface area (Å²) in [4.78, 5) is 12.1. The molecule has 0 atom stereocenters. The predicted octanol–water partition coefficient (Wildman–Crippen LogP) is 5.68. The molecular weight excluding hydrogens is 341 g/mol. The van der Waals surface area contributed by atoms with Crippen molar-refractivity contribution in [1.29, 1.82) is 5.26 Å². The monoisotopic (exact) mass is 365 g/mol. The van der Waals surface area contributed by atoms with Crippen LogP contribution in [-0.4, -0.2) is 11.1 Å². The maximum atomic E-state index is 14.8. The van der Waals surface area contributed by atoms with Gasteiger partial charge in [0.1, 0.15) is 5.82 Å². The SMILES string of the molecule is CCCC1CCC(C(=O)O)(c2ccc(-c3ccc(C#N)cc3)c(F)c2)CC1. The van der Waals surface area contributed by atoms with Crippen LogP contribution < -0.4 is 0 Å². The number of halogens is 1. The largest absolute Gasteiger partial charge is 0.481 e. The Hall–Kier alpha value is -2.67. The molecule has 1 saturated carbocycles. The molecule has 1 fully saturated rings. The van der Waals surface area contributed by atoms with Crippen molar-refractivity contribution >= 4 is 5.97 Å². The van der Waals surface area contributed by atoms with E-state index in [-0.39, 0.29) is 0 Å². The minimum Gasteiger partial charge on any atom is -0.481 e. The van der Waals surface area contributed by atoms with Crippen LogP contribution in [0.2, 0.25) is 0 Å². The average Bonchev–Trinajstić information content (AvgIpc) is 2.69. The van der Waals surface area contributed by atoms with E-state index >= 15 is 0 Å². The van der Waals surface area contributed by atoms with Gasteiger partial charge in [0.2, 0.25) is 0 Å². The maximum absolute atomic E-state index is 14.8. The molecule has 3 nitrogen and oxygen atoms in total. The fourth-order valence-electron chi connectivity index (χ4n) is 4.26. The summed E-state index contributed by atoms with van der Waals surface area (Å²) in [6.45, 7) is 2.15. The van der Waals surface area contributed by atoms with Gasteiger partial charge in [0.05, 0.1) is 17.0 Å². The van der Waals surface area contributed by atoms with E-state index in [0.717, 1.165) is 25.7 Å². The number of aliphatic carboxylic acids is 1. The molecule has 2 aromatic rings. The van der Waals surface area contributed by atoms with Crippen molar-refractivity contribution in [2.75, 3.05) is 0 Å². The molecule has 0 bridgehead atoms. The van der Waals surface area contributed by atoms with Crippen molar-refractivity contribution in [2.45, 2.75) is 50.9 Å². The van der Waals surface area contributed by atoms with Crippen molar-refractivity contribution in [3.63, 3.8) is 0 Å². The number of nitrogens with zero attached hydrogens (tertiary/aromatic N) is 1. The lowest BCUT2D eigenvalue weighted by molar-refractivity contribution is -0.145. The number of rotatable bonds is 5. The molecular formula is C23H24FNO2. The average molecular weight is 365 g/mol. The van der Waals surface area contributed by atoms with E-state index in [0.29, 0.717) is 41.0 Å². The summed E-state index contributed by atoms with van der Waals surface area (Å²) in [5.41, 5.74) is 1.18. The van der Waals surface area contributed by atoms with Crippen molar-refractivity contribution in [3.05, 3.63) is 59.4 Å². The van der Waals surface area contributed by atoms with Gasteiger partial charge < -0.3 is 5.11 Å². The van der Waals surface area contributed by atoms with Gasteiger partial charge in [0, 0.05) is 5.56 Å². The highest BCUT2D eigenvalue weighted by Crippen LogP contribution is 2.44. The van der Waals surface area contributed by atoms with Crippen LogP contribution in [0.4, 0.5) is 4.39 Å². The van der Waals surface area contributed by atoms with Crippen LogP contribution >= 0.6 is 0 Å². The summed E-state index contributed by atoms with van der Waals surface area (Å²) in [7, 11) is 0. The van der Waals surface area contributed by atoms with Crippen LogP contribution in [0.3, 0.4) is 0 Å². The van der Waals surface area contributed by atoms with Gasteiger partial charge in [0.15, 0.2) is 0 Å². The highest BCUT2D eigenvalue weighted by Gasteiger charge is 2.43. The lowest BCUT2D eigenvalue weighted by Crippen LogP contribution is -2.39. The third-order valence-corrected chi connectivity index (χ3v) is 5.91. The third-order valence-electron chi connectivity index (χ3n) is 5.91. The van der Waals surface area contributed by atoms with Crippen molar-refractivity contribution in [3.8, 4) is 17.2 Å². The molecule has 0 aromatic heterocycles. The Labute approximate surface area is 159 Å². The van der Waals surface area contributed by atoms with Crippen LogP contribution in [-0.2, 0) is 10.2 Å². The Morgan fingerprint density at radius 3 is 2.41 bits per heavy atom. The molecule has 0 unspecified atom stereocenters. The fraction of sp³-hybridized carbons (Fsp3) is 0.391. The molecule has 1 N–H and O–H groups in total. The van der Waals surface area contributed by atoms with Crippen LogP contribution in [0.5, 0.6) is 0 Å². The maximum Gasteiger partial charge on any atom is 0.314 e. The molecule has 1 aliphatic carbocycles. The summed E-state index contributed by atoms with van der Waals surface area (Å²) in [5.74, 6) is -0.707. The van der Waals surface area contributed by atoms with Gasteiger partial charge >= 0.3 is 5.97 Å². The molecule has 1 aliphatic rings. The number of hydrogen-bond donors (Lipinski definition) is 1. The first-order valence-electron chi connectivity index (χ1n) is 9.54. The number of carbonyl (C=O) groups is 1. The van der Waals surface area contributed by atoms with E-state index < -0.39 is 17.2 Å². The molecule has 0 aliphatic heterocycles. The van der Waals surface area contributed by atoms with Gasteiger partial charge in [-0.3, -0.25) is 4.79 Å². The van der Waals surface area contributed by atoms with Crippen molar-refractivity contribution < 1.29 is 14.3 Å². The fourth-order valence-corrected chi connectivity index (χ4v) is 4.26. The highest BCUT2D eigenvalue weighted by molar-refractivity contribution is 5.82. The normalized spacial score (nSPS) is 22.2. The Bertz CT molecular complexity index is 859. The molecule has 0 saturated heterocycles. The molecule has 0 amide bonds. The van der Waals surface area contributed by atoms with Crippen LogP contribution in [0, 0.1) is 23.1 Å². The highest BCUT2D eigenvalue weighted by atomic mass is 19.1. The Morgan fingerprint density at radius 1 is 1.22 bits per heavy atom. The van der Waals surface area contributed by atoms with E-state index in [4.69, 9.17) is 5.26 Å². The zero-order valence-electron chi connectivity index (χ0n) is 15.5. The molecule has 0 spiro atoms. The zero-order valence-corrected chi connectivity index (χ0v) is 15.5. The van der Waals surface area contributed by atoms with Crippen molar-refractivity contribution in [1.82, 2.24) is 0 Å². The number of carboxylic acids is 1. The Balaban J connectivity index is 1.90. The van der Waals surface area contributed by atoms with Crippen LogP contribution in [0.25, 0.3) is 11.1 Å². The van der Waals surface area contributed by atoms with Gasteiger partial charge in [-0.1, -0.05) is 44.0 Å². The van der Waals surface area contributed by atoms with Crippen LogP contribution in [0.15, 0.2) is 42.5 Å². The van der Waals surface area contributed by atoms with Gasteiger partial charge in [-0.05, 0) is 60.9 Å². The van der Waals surface area contributed by atoms with E-state index in [1.54, 1.807) is 36.4 Å². The minimum atomic E-state index is -0.992. The summed E-state index contributed by atoms with van der Waals surface area (Å²) >= 11 is 0. The van der Waals surface area contributed by atoms with E-state index in [2.05, 4.69) is 6.92 Å². The molecule has 3 rings (SSSR count). The number of hydrogen-bond acceptors (Lipinski definition) is 2. The van der Waals surface area contributed by atoms with Gasteiger partial charge in [0.25, 0.3) is 0 Å². The molecule has 0 radical (unpaired) electrons. The standard InChI is InChI=1S/C23H24FNO2/c1-2-3-16-10-12-23(13-11-16,22(26)27)19-8-9-20(21(24)14-19)18-6-4-17(15-25)5-7-18/h4-9,14,16H,2-3,10-13H2,1H3,(H,26,27). The third kappa shape index (κ3) is 3.73. The smallest absolute Gasteiger partial charge is 0.314 e. The molecule has 0 heterocycles. The first-order chi connectivity index (χ1) is 13.0. The Morgan fingerprint density at radius 2 is 1.89 bits per heavy atom. The van der Waals surface area contributed by atoms with Crippen molar-refractivity contribution in [2.24, 2.45) is 5.92 Å². The van der Waals surface area contributed by atoms with Gasteiger partial charge in [-0.25, -0.2) is 4.39 Å². The number of benzene rings is 2. The number of carboxylic acid groups (broad SMARTS) is 1. The van der Waals surface area contributed by atoms with E-state index in [1.807, 2.05) is 6.07 Å². The lowest BCUT2D eigenvalue weighted by atomic mass is 9.66. The first kappa shape index (κ1) is 19.1. The second-order valence-corrected chi connectivity index (χ2v) is 7.50. The predicted molar refractivity (Wildman–Crippen MR) is 103 cm³/mol. The first-order valence-corrected chi connectivity index (χ1v) is 9.54. The number of nitriles is 1. The quantitative estimate of drug-likeness (QED) is 0.742. The van der Waals surface area contributed by atoms with Gasteiger partial charge in [-0.15, -0.1) is 0 Å². The molecule has 140 valence electrons. The van der Waals surface area contributed by atoms with E-state index in [9.17, 15) is 14.3 Å². The minimum absolute atomic E-state index is 0.420.